The number of aromatic hydroxyl groups is 3. The van der Waals surface area contributed by atoms with Gasteiger partial charge in [-0.3, -0.25) is 14.4 Å². The fourth-order valence-electron chi connectivity index (χ4n) is 8.90. The highest BCUT2D eigenvalue weighted by Gasteiger charge is 2.71. The van der Waals surface area contributed by atoms with Gasteiger partial charge in [-0.15, -0.1) is 0 Å². The van der Waals surface area contributed by atoms with Crippen molar-refractivity contribution in [3.8, 4) is 17.2 Å². The lowest BCUT2D eigenvalue weighted by Crippen LogP contribution is -2.56. The van der Waals surface area contributed by atoms with Gasteiger partial charge in [0.1, 0.15) is 11.5 Å². The molecular formula is C33H41NO8. The quantitative estimate of drug-likeness (QED) is 0.200. The summed E-state index contributed by atoms with van der Waals surface area (Å²) in [5.74, 6) is -6.31. The maximum atomic E-state index is 15.4. The van der Waals surface area contributed by atoms with Gasteiger partial charge in [0.25, 0.3) is 0 Å². The van der Waals surface area contributed by atoms with Crippen LogP contribution in [0.15, 0.2) is 23.3 Å². The fraction of sp³-hybridized carbons (Fsp3) is 0.606. The highest BCUT2D eigenvalue weighted by atomic mass is 16.5. The SMILES string of the molecule is CC1=C[C@@H]2/C=C(/C)CC[C@@H](O)C(=O)[C@H]3[C@H](C(=O)[C@]24C(=O)N[C@@H](CC(C)C)[C@@H]4[C@@H]1C)[C@@H]1O[C@H]3c2c(C)c(O)c(O)c(O)c21. The van der Waals surface area contributed by atoms with Gasteiger partial charge >= 0.3 is 0 Å². The lowest BCUT2D eigenvalue weighted by molar-refractivity contribution is -0.152. The number of nitrogens with one attached hydrogen (secondary N) is 1. The Bertz CT molecular complexity index is 1460. The number of phenols is 3. The van der Waals surface area contributed by atoms with Crippen LogP contribution in [-0.2, 0) is 19.1 Å². The van der Waals surface area contributed by atoms with Crippen molar-refractivity contribution in [3.63, 3.8) is 0 Å². The number of rotatable bonds is 2. The van der Waals surface area contributed by atoms with Crippen LogP contribution in [-0.4, -0.2) is 50.0 Å². The molecule has 9 nitrogen and oxygen atoms in total. The zero-order valence-electron chi connectivity index (χ0n) is 25.0. The maximum absolute atomic E-state index is 15.4. The molecule has 10 atom stereocenters. The van der Waals surface area contributed by atoms with E-state index >= 15 is 4.79 Å². The highest BCUT2D eigenvalue weighted by molar-refractivity contribution is 6.12. The first-order valence-electron chi connectivity index (χ1n) is 15.1. The Morgan fingerprint density at radius 2 is 1.64 bits per heavy atom. The van der Waals surface area contributed by atoms with E-state index in [9.17, 15) is 30.0 Å². The number of aliphatic hydroxyl groups excluding tert-OH is 1. The predicted molar refractivity (Wildman–Crippen MR) is 152 cm³/mol. The molecule has 3 heterocycles. The maximum Gasteiger partial charge on any atom is 0.235 e. The van der Waals surface area contributed by atoms with Crippen molar-refractivity contribution >= 4 is 17.5 Å². The molecule has 0 unspecified atom stereocenters. The molecule has 5 aliphatic rings. The molecule has 0 saturated carbocycles. The van der Waals surface area contributed by atoms with Crippen molar-refractivity contribution in [2.45, 2.75) is 85.2 Å². The van der Waals surface area contributed by atoms with Gasteiger partial charge < -0.3 is 30.5 Å². The van der Waals surface area contributed by atoms with E-state index in [1.54, 1.807) is 6.92 Å². The summed E-state index contributed by atoms with van der Waals surface area (Å²) in [6, 6.07) is -0.260. The van der Waals surface area contributed by atoms with Crippen molar-refractivity contribution < 1.29 is 39.5 Å². The number of carbonyl (C=O) groups excluding carboxylic acids is 3. The number of ether oxygens (including phenoxy) is 1. The molecule has 2 fully saturated rings. The summed E-state index contributed by atoms with van der Waals surface area (Å²) in [6.07, 6.45) is 1.69. The van der Waals surface area contributed by atoms with E-state index in [1.807, 2.05) is 32.9 Å². The minimum Gasteiger partial charge on any atom is -0.504 e. The second-order valence-corrected chi connectivity index (χ2v) is 13.7. The number of hydrogen-bond donors (Lipinski definition) is 5. The summed E-state index contributed by atoms with van der Waals surface area (Å²) in [7, 11) is 0. The molecule has 2 bridgehead atoms. The van der Waals surface area contributed by atoms with Crippen molar-refractivity contribution in [3.05, 3.63) is 40.0 Å². The fourth-order valence-corrected chi connectivity index (χ4v) is 8.90. The highest BCUT2D eigenvalue weighted by Crippen LogP contribution is 2.67. The number of carbonyl (C=O) groups is 3. The van der Waals surface area contributed by atoms with Crippen LogP contribution >= 0.6 is 0 Å². The summed E-state index contributed by atoms with van der Waals surface area (Å²) in [5, 5.41) is 46.3. The number of benzene rings is 1. The van der Waals surface area contributed by atoms with Crippen LogP contribution in [0, 0.1) is 47.8 Å². The molecule has 3 aliphatic heterocycles. The van der Waals surface area contributed by atoms with Gasteiger partial charge in [-0.25, -0.2) is 0 Å². The van der Waals surface area contributed by atoms with Gasteiger partial charge in [-0.1, -0.05) is 44.1 Å². The Balaban J connectivity index is 1.62. The molecule has 2 aliphatic carbocycles. The smallest absolute Gasteiger partial charge is 0.235 e. The summed E-state index contributed by atoms with van der Waals surface area (Å²) in [6.45, 7) is 11.7. The molecule has 1 aromatic rings. The molecule has 0 aromatic heterocycles. The number of hydrogen-bond acceptors (Lipinski definition) is 8. The molecule has 9 heteroatoms. The van der Waals surface area contributed by atoms with E-state index in [2.05, 4.69) is 19.2 Å². The van der Waals surface area contributed by atoms with E-state index in [0.29, 0.717) is 18.4 Å². The topological polar surface area (TPSA) is 153 Å². The van der Waals surface area contributed by atoms with Crippen LogP contribution in [0.2, 0.25) is 0 Å². The van der Waals surface area contributed by atoms with E-state index in [4.69, 9.17) is 4.74 Å². The third kappa shape index (κ3) is 3.65. The summed E-state index contributed by atoms with van der Waals surface area (Å²) < 4.78 is 6.30. The second-order valence-electron chi connectivity index (χ2n) is 13.7. The molecule has 1 aromatic carbocycles. The number of allylic oxidation sites excluding steroid dienone is 4. The molecule has 0 radical (unpaired) electrons. The third-order valence-corrected chi connectivity index (χ3v) is 10.9. The Morgan fingerprint density at radius 1 is 0.976 bits per heavy atom. The number of amides is 1. The monoisotopic (exact) mass is 579 g/mol. The zero-order chi connectivity index (χ0) is 30.6. The number of fused-ring (bicyclic) bond motifs is 8. The number of ketones is 2. The van der Waals surface area contributed by atoms with Gasteiger partial charge in [-0.05, 0) is 57.4 Å². The zero-order valence-corrected chi connectivity index (χ0v) is 25.0. The molecule has 6 rings (SSSR count). The minimum absolute atomic E-state index is 0.102. The Labute approximate surface area is 245 Å². The van der Waals surface area contributed by atoms with Gasteiger partial charge in [0.2, 0.25) is 11.7 Å². The van der Waals surface area contributed by atoms with E-state index < -0.39 is 70.3 Å². The van der Waals surface area contributed by atoms with Gasteiger partial charge in [0.15, 0.2) is 23.1 Å². The lowest BCUT2D eigenvalue weighted by Gasteiger charge is -2.47. The number of phenolic OH excluding ortho intramolecular Hbond substituents is 3. The molecular weight excluding hydrogens is 538 g/mol. The summed E-state index contributed by atoms with van der Waals surface area (Å²) in [5.41, 5.74) is 1.18. The van der Waals surface area contributed by atoms with Gasteiger partial charge in [-0.2, -0.15) is 0 Å². The van der Waals surface area contributed by atoms with Crippen LogP contribution < -0.4 is 5.32 Å². The largest absolute Gasteiger partial charge is 0.504 e. The van der Waals surface area contributed by atoms with E-state index in [0.717, 1.165) is 11.1 Å². The first kappa shape index (κ1) is 28.9. The molecule has 42 heavy (non-hydrogen) atoms. The second kappa shape index (κ2) is 9.67. The van der Waals surface area contributed by atoms with Crippen molar-refractivity contribution in [1.82, 2.24) is 5.32 Å². The third-order valence-electron chi connectivity index (χ3n) is 10.9. The number of aliphatic hydroxyl groups is 1. The molecule has 5 N–H and O–H groups in total. The standard InChI is InChI=1S/C33H41NO8/c1-12(2)9-18-24-15(5)14(4)11-17-10-13(3)7-8-19(35)26(37)22-23(31(40)33(17,24)32(41)34-18)30-21-20(29(22)42-30)16(6)25(36)28(39)27(21)38/h10-12,15,17-19,22-24,29-30,35-36,38-39H,7-9H2,1-6H3,(H,34,41)/b13-10-/t15-,17+,18+,19-,22-,23+,24+,29+,30-,33+/m1/s1. The summed E-state index contributed by atoms with van der Waals surface area (Å²) >= 11 is 0. The number of Topliss-reactive ketones (excluding diaryl/α,β-unsaturated/α-hetero) is 2. The predicted octanol–water partition coefficient (Wildman–Crippen LogP) is 4.07. The molecule has 226 valence electrons. The van der Waals surface area contributed by atoms with Crippen molar-refractivity contribution in [2.75, 3.05) is 0 Å². The van der Waals surface area contributed by atoms with Gasteiger partial charge in [0, 0.05) is 29.0 Å². The van der Waals surface area contributed by atoms with E-state index in [1.165, 1.54) is 0 Å². The van der Waals surface area contributed by atoms with Gasteiger partial charge in [0.05, 0.1) is 24.0 Å². The van der Waals surface area contributed by atoms with Crippen molar-refractivity contribution in [2.24, 2.45) is 40.9 Å². The first-order valence-corrected chi connectivity index (χ1v) is 15.1. The molecule has 2 saturated heterocycles. The van der Waals surface area contributed by atoms with Crippen LogP contribution in [0.5, 0.6) is 17.2 Å². The Hall–Kier alpha value is -3.17. The normalized spacial score (nSPS) is 40.4. The van der Waals surface area contributed by atoms with Crippen LogP contribution in [0.25, 0.3) is 0 Å². The first-order chi connectivity index (χ1) is 19.7. The van der Waals surface area contributed by atoms with E-state index in [-0.39, 0.29) is 47.3 Å². The average Bonchev–Trinajstić information content (AvgIpc) is 3.58. The van der Waals surface area contributed by atoms with Crippen LogP contribution in [0.3, 0.4) is 0 Å². The minimum atomic E-state index is -1.53. The molecule has 1 spiro atoms. The summed E-state index contributed by atoms with van der Waals surface area (Å²) in [4.78, 5) is 43.8. The van der Waals surface area contributed by atoms with Crippen molar-refractivity contribution in [1.29, 1.82) is 0 Å². The lowest BCUT2D eigenvalue weighted by atomic mass is 9.51. The van der Waals surface area contributed by atoms with Crippen LogP contribution in [0.1, 0.15) is 82.8 Å². The average molecular weight is 580 g/mol. The Morgan fingerprint density at radius 3 is 2.31 bits per heavy atom. The molecule has 1 amide bonds. The Kier molecular flexibility index (Phi) is 6.66. The van der Waals surface area contributed by atoms with Crippen LogP contribution in [0.4, 0.5) is 0 Å².